The lowest BCUT2D eigenvalue weighted by molar-refractivity contribution is 0.463. The normalized spacial score (nSPS) is 12.7. The van der Waals surface area contributed by atoms with Crippen LogP contribution in [0.2, 0.25) is 0 Å². The molecule has 0 aliphatic carbocycles. The first-order chi connectivity index (χ1) is 10.2. The van der Waals surface area contributed by atoms with Crippen molar-refractivity contribution in [2.75, 3.05) is 6.54 Å². The third-order valence-corrected chi connectivity index (χ3v) is 3.39. The maximum atomic E-state index is 13.7. The molecule has 1 N–H and O–H groups in total. The second kappa shape index (κ2) is 5.66. The monoisotopic (exact) mass is 287 g/mol. The van der Waals surface area contributed by atoms with E-state index in [0.717, 1.165) is 5.56 Å². The summed E-state index contributed by atoms with van der Waals surface area (Å²) in [4.78, 5) is 0. The van der Waals surface area contributed by atoms with Crippen molar-refractivity contribution >= 4 is 11.0 Å². The second-order valence-electron chi connectivity index (χ2n) is 4.85. The molecule has 108 valence electrons. The van der Waals surface area contributed by atoms with Crippen LogP contribution < -0.4 is 5.32 Å². The molecular weight excluding hydrogens is 272 g/mol. The largest absolute Gasteiger partial charge is 0.456 e. The van der Waals surface area contributed by atoms with Crippen molar-refractivity contribution in [3.63, 3.8) is 0 Å². The molecular formula is C17H15F2NO. The number of nitrogens with one attached hydrogen (secondary N) is 1. The minimum Gasteiger partial charge on any atom is -0.456 e. The van der Waals surface area contributed by atoms with Crippen LogP contribution in [-0.4, -0.2) is 6.54 Å². The van der Waals surface area contributed by atoms with Crippen LogP contribution >= 0.6 is 0 Å². The lowest BCUT2D eigenvalue weighted by Gasteiger charge is -2.15. The van der Waals surface area contributed by atoms with Crippen LogP contribution in [0.3, 0.4) is 0 Å². The van der Waals surface area contributed by atoms with Gasteiger partial charge >= 0.3 is 0 Å². The van der Waals surface area contributed by atoms with Crippen LogP contribution in [0.4, 0.5) is 8.78 Å². The minimum atomic E-state index is -0.395. The van der Waals surface area contributed by atoms with Gasteiger partial charge in [0, 0.05) is 5.39 Å². The SMILES string of the molecule is CCNC(c1cccc(F)c1)c1cc2cccc(F)c2o1. The Balaban J connectivity index is 2.09. The molecule has 0 radical (unpaired) electrons. The molecule has 0 saturated carbocycles. The van der Waals surface area contributed by atoms with E-state index in [9.17, 15) is 8.78 Å². The second-order valence-corrected chi connectivity index (χ2v) is 4.85. The average Bonchev–Trinajstić information content (AvgIpc) is 2.90. The van der Waals surface area contributed by atoms with E-state index in [1.807, 2.05) is 13.0 Å². The summed E-state index contributed by atoms with van der Waals surface area (Å²) >= 11 is 0. The standard InChI is InChI=1S/C17H15F2NO/c1-2-20-16(11-5-3-7-13(18)9-11)15-10-12-6-4-8-14(19)17(12)21-15/h3-10,16,20H,2H2,1H3. The molecule has 2 aromatic carbocycles. The first-order valence-electron chi connectivity index (χ1n) is 6.86. The predicted octanol–water partition coefficient (Wildman–Crippen LogP) is 4.41. The van der Waals surface area contributed by atoms with E-state index >= 15 is 0 Å². The predicted molar refractivity (Wildman–Crippen MR) is 78.1 cm³/mol. The van der Waals surface area contributed by atoms with Gasteiger partial charge in [0.15, 0.2) is 11.4 Å². The zero-order valence-corrected chi connectivity index (χ0v) is 11.6. The van der Waals surface area contributed by atoms with Crippen molar-refractivity contribution in [3.8, 4) is 0 Å². The van der Waals surface area contributed by atoms with Crippen molar-refractivity contribution in [2.24, 2.45) is 0 Å². The molecule has 0 saturated heterocycles. The molecule has 0 amide bonds. The van der Waals surface area contributed by atoms with Crippen LogP contribution in [0.1, 0.15) is 24.3 Å². The molecule has 2 nitrogen and oxygen atoms in total. The van der Waals surface area contributed by atoms with Crippen LogP contribution in [-0.2, 0) is 0 Å². The van der Waals surface area contributed by atoms with Gasteiger partial charge < -0.3 is 9.73 Å². The molecule has 0 aliphatic heterocycles. The summed E-state index contributed by atoms with van der Waals surface area (Å²) in [5.41, 5.74) is 0.975. The Morgan fingerprint density at radius 3 is 2.62 bits per heavy atom. The van der Waals surface area contributed by atoms with Crippen molar-refractivity contribution in [1.82, 2.24) is 5.32 Å². The minimum absolute atomic E-state index is 0.229. The maximum Gasteiger partial charge on any atom is 0.169 e. The van der Waals surface area contributed by atoms with Gasteiger partial charge in [0.25, 0.3) is 0 Å². The highest BCUT2D eigenvalue weighted by atomic mass is 19.1. The first kappa shape index (κ1) is 13.8. The Morgan fingerprint density at radius 1 is 1.10 bits per heavy atom. The number of fused-ring (bicyclic) bond motifs is 1. The molecule has 21 heavy (non-hydrogen) atoms. The molecule has 0 bridgehead atoms. The van der Waals surface area contributed by atoms with E-state index in [2.05, 4.69) is 5.32 Å². The zero-order valence-electron chi connectivity index (χ0n) is 11.6. The summed E-state index contributed by atoms with van der Waals surface area (Å²) in [5.74, 6) is -0.131. The smallest absolute Gasteiger partial charge is 0.169 e. The molecule has 4 heteroatoms. The number of para-hydroxylation sites is 1. The Morgan fingerprint density at radius 2 is 1.90 bits per heavy atom. The summed E-state index contributed by atoms with van der Waals surface area (Å²) in [6.45, 7) is 2.64. The van der Waals surface area contributed by atoms with E-state index < -0.39 is 5.82 Å². The molecule has 3 aromatic rings. The summed E-state index contributed by atoms with van der Waals surface area (Å²) < 4.78 is 32.8. The fraction of sp³-hybridized carbons (Fsp3) is 0.176. The fourth-order valence-corrected chi connectivity index (χ4v) is 2.46. The molecule has 1 unspecified atom stereocenters. The summed E-state index contributed by atoms with van der Waals surface area (Å²) in [7, 11) is 0. The summed E-state index contributed by atoms with van der Waals surface area (Å²) in [6.07, 6.45) is 0. The topological polar surface area (TPSA) is 25.2 Å². The van der Waals surface area contributed by atoms with E-state index in [4.69, 9.17) is 4.42 Å². The third-order valence-electron chi connectivity index (χ3n) is 3.39. The van der Waals surface area contributed by atoms with Crippen molar-refractivity contribution in [2.45, 2.75) is 13.0 Å². The van der Waals surface area contributed by atoms with Gasteiger partial charge in [-0.15, -0.1) is 0 Å². The van der Waals surface area contributed by atoms with E-state index in [0.29, 0.717) is 17.7 Å². The van der Waals surface area contributed by atoms with Gasteiger partial charge in [-0.25, -0.2) is 8.78 Å². The Kier molecular flexibility index (Phi) is 3.71. The Hall–Kier alpha value is -2.20. The van der Waals surface area contributed by atoms with E-state index in [-0.39, 0.29) is 17.4 Å². The molecule has 0 aliphatic rings. The maximum absolute atomic E-state index is 13.7. The molecule has 0 spiro atoms. The first-order valence-corrected chi connectivity index (χ1v) is 6.86. The third kappa shape index (κ3) is 2.67. The fourth-order valence-electron chi connectivity index (χ4n) is 2.46. The van der Waals surface area contributed by atoms with Crippen LogP contribution in [0.15, 0.2) is 52.9 Å². The molecule has 0 fully saturated rings. The number of rotatable bonds is 4. The number of hydrogen-bond donors (Lipinski definition) is 1. The molecule has 3 rings (SSSR count). The molecule has 1 heterocycles. The highest BCUT2D eigenvalue weighted by molar-refractivity contribution is 5.78. The quantitative estimate of drug-likeness (QED) is 0.769. The van der Waals surface area contributed by atoms with E-state index in [1.54, 1.807) is 24.3 Å². The summed E-state index contributed by atoms with van der Waals surface area (Å²) in [6, 6.07) is 12.6. The Bertz CT molecular complexity index is 766. The van der Waals surface area contributed by atoms with Gasteiger partial charge in [-0.1, -0.05) is 31.2 Å². The summed E-state index contributed by atoms with van der Waals surface area (Å²) in [5, 5.41) is 3.94. The van der Waals surface area contributed by atoms with Crippen LogP contribution in [0.5, 0.6) is 0 Å². The van der Waals surface area contributed by atoms with E-state index in [1.165, 1.54) is 18.2 Å². The average molecular weight is 287 g/mol. The lowest BCUT2D eigenvalue weighted by Crippen LogP contribution is -2.21. The van der Waals surface area contributed by atoms with Crippen molar-refractivity contribution in [3.05, 3.63) is 71.5 Å². The van der Waals surface area contributed by atoms with Gasteiger partial charge in [-0.3, -0.25) is 0 Å². The van der Waals surface area contributed by atoms with Crippen molar-refractivity contribution in [1.29, 1.82) is 0 Å². The van der Waals surface area contributed by atoms with Gasteiger partial charge in [-0.2, -0.15) is 0 Å². The highest BCUT2D eigenvalue weighted by Gasteiger charge is 2.19. The van der Waals surface area contributed by atoms with Gasteiger partial charge in [-0.05, 0) is 36.4 Å². The highest BCUT2D eigenvalue weighted by Crippen LogP contribution is 2.29. The number of benzene rings is 2. The van der Waals surface area contributed by atoms with Crippen molar-refractivity contribution < 1.29 is 13.2 Å². The lowest BCUT2D eigenvalue weighted by atomic mass is 10.0. The zero-order chi connectivity index (χ0) is 14.8. The van der Waals surface area contributed by atoms with Gasteiger partial charge in [0.1, 0.15) is 11.6 Å². The number of hydrogen-bond acceptors (Lipinski definition) is 2. The van der Waals surface area contributed by atoms with Crippen LogP contribution in [0.25, 0.3) is 11.0 Å². The molecule has 1 aromatic heterocycles. The molecule has 1 atom stereocenters. The van der Waals surface area contributed by atoms with Gasteiger partial charge in [0.05, 0.1) is 6.04 Å². The number of furan rings is 1. The Labute approximate surface area is 121 Å². The van der Waals surface area contributed by atoms with Crippen LogP contribution in [0, 0.1) is 11.6 Å². The van der Waals surface area contributed by atoms with Gasteiger partial charge in [0.2, 0.25) is 0 Å². The number of halogens is 2.